The molecule has 0 aliphatic carbocycles. The van der Waals surface area contributed by atoms with Gasteiger partial charge in [-0.3, -0.25) is 0 Å². The number of aryl methyl sites for hydroxylation is 1. The van der Waals surface area contributed by atoms with E-state index >= 15 is 0 Å². The molecule has 6 heteroatoms. The van der Waals surface area contributed by atoms with Crippen LogP contribution in [-0.2, 0) is 6.54 Å². The Hall–Kier alpha value is -4.58. The van der Waals surface area contributed by atoms with E-state index in [0.717, 1.165) is 44.9 Å². The minimum Gasteiger partial charge on any atom is -0.493 e. The van der Waals surface area contributed by atoms with Crippen LogP contribution in [0.15, 0.2) is 91.0 Å². The summed E-state index contributed by atoms with van der Waals surface area (Å²) in [6, 6.07) is 30.1. The molecule has 0 saturated heterocycles. The second-order valence-corrected chi connectivity index (χ2v) is 8.31. The lowest BCUT2D eigenvalue weighted by Gasteiger charge is -2.14. The van der Waals surface area contributed by atoms with E-state index < -0.39 is 0 Å². The number of para-hydroxylation sites is 2. The van der Waals surface area contributed by atoms with Crippen molar-refractivity contribution in [2.24, 2.45) is 0 Å². The quantitative estimate of drug-likeness (QED) is 0.259. The Morgan fingerprint density at radius 1 is 0.722 bits per heavy atom. The number of benzene rings is 4. The fourth-order valence-electron chi connectivity index (χ4n) is 4.15. The number of aromatic nitrogens is 2. The smallest absolute Gasteiger partial charge is 0.162 e. The van der Waals surface area contributed by atoms with Gasteiger partial charge in [-0.15, -0.1) is 0 Å². The number of hydrogen-bond acceptors (Lipinski definition) is 6. The normalized spacial score (nSPS) is 10.8. The molecule has 0 saturated carbocycles. The van der Waals surface area contributed by atoms with E-state index in [-0.39, 0.29) is 0 Å². The summed E-state index contributed by atoms with van der Waals surface area (Å²) in [5.74, 6) is 4.32. The SMILES string of the molecule is COc1cc2nc(C)nc(NCc3cccc(-c4ccccc4Oc4ccccc4)c3)c2cc1OC. The van der Waals surface area contributed by atoms with Gasteiger partial charge in [-0.05, 0) is 48.4 Å². The van der Waals surface area contributed by atoms with Crippen LogP contribution in [0.1, 0.15) is 11.4 Å². The highest BCUT2D eigenvalue weighted by Crippen LogP contribution is 2.35. The van der Waals surface area contributed by atoms with Crippen molar-refractivity contribution in [3.8, 4) is 34.1 Å². The lowest BCUT2D eigenvalue weighted by Crippen LogP contribution is -2.05. The molecule has 5 rings (SSSR count). The summed E-state index contributed by atoms with van der Waals surface area (Å²) >= 11 is 0. The second kappa shape index (κ2) is 10.4. The molecule has 0 aliphatic rings. The average Bonchev–Trinajstić information content (AvgIpc) is 2.92. The molecule has 1 aromatic heterocycles. The lowest BCUT2D eigenvalue weighted by atomic mass is 10.0. The Bertz CT molecular complexity index is 1500. The molecule has 4 aromatic carbocycles. The van der Waals surface area contributed by atoms with Crippen LogP contribution < -0.4 is 19.5 Å². The van der Waals surface area contributed by atoms with Gasteiger partial charge in [-0.25, -0.2) is 9.97 Å². The zero-order chi connectivity index (χ0) is 24.9. The predicted octanol–water partition coefficient (Wildman–Crippen LogP) is 7.03. The van der Waals surface area contributed by atoms with Crippen LogP contribution in [0.3, 0.4) is 0 Å². The molecule has 0 spiro atoms. The van der Waals surface area contributed by atoms with E-state index in [1.807, 2.05) is 67.6 Å². The fourth-order valence-corrected chi connectivity index (χ4v) is 4.15. The van der Waals surface area contributed by atoms with E-state index in [1.54, 1.807) is 14.2 Å². The van der Waals surface area contributed by atoms with Crippen molar-refractivity contribution in [2.45, 2.75) is 13.5 Å². The Morgan fingerprint density at radius 2 is 1.47 bits per heavy atom. The number of hydrogen-bond donors (Lipinski definition) is 1. The van der Waals surface area contributed by atoms with Gasteiger partial charge in [0.15, 0.2) is 11.5 Å². The van der Waals surface area contributed by atoms with E-state index in [1.165, 1.54) is 0 Å². The third-order valence-corrected chi connectivity index (χ3v) is 5.87. The van der Waals surface area contributed by atoms with Crippen molar-refractivity contribution in [2.75, 3.05) is 19.5 Å². The highest BCUT2D eigenvalue weighted by molar-refractivity contribution is 5.91. The maximum absolute atomic E-state index is 6.18. The van der Waals surface area contributed by atoms with Crippen LogP contribution in [0.25, 0.3) is 22.0 Å². The largest absolute Gasteiger partial charge is 0.493 e. The Balaban J connectivity index is 1.42. The summed E-state index contributed by atoms with van der Waals surface area (Å²) < 4.78 is 17.1. The molecule has 6 nitrogen and oxygen atoms in total. The van der Waals surface area contributed by atoms with Gasteiger partial charge in [-0.2, -0.15) is 0 Å². The summed E-state index contributed by atoms with van der Waals surface area (Å²) in [7, 11) is 3.24. The Morgan fingerprint density at radius 3 is 2.28 bits per heavy atom. The van der Waals surface area contributed by atoms with Crippen LogP contribution in [0.4, 0.5) is 5.82 Å². The number of methoxy groups -OCH3 is 2. The van der Waals surface area contributed by atoms with Gasteiger partial charge in [-0.1, -0.05) is 54.6 Å². The maximum atomic E-state index is 6.18. The minimum atomic E-state index is 0.593. The Labute approximate surface area is 210 Å². The van der Waals surface area contributed by atoms with Crippen LogP contribution in [0.2, 0.25) is 0 Å². The van der Waals surface area contributed by atoms with E-state index in [4.69, 9.17) is 14.2 Å². The molecule has 180 valence electrons. The first kappa shape index (κ1) is 23.2. The number of anilines is 1. The van der Waals surface area contributed by atoms with Gasteiger partial charge >= 0.3 is 0 Å². The van der Waals surface area contributed by atoms with Crippen LogP contribution >= 0.6 is 0 Å². The standard InChI is InChI=1S/C30H27N3O3/c1-20-32-26-18-29(35-3)28(34-2)17-25(26)30(33-20)31-19-21-10-9-11-22(16-21)24-14-7-8-15-27(24)36-23-12-5-4-6-13-23/h4-18H,19H2,1-3H3,(H,31,32,33). The molecule has 0 atom stereocenters. The monoisotopic (exact) mass is 477 g/mol. The third kappa shape index (κ3) is 4.93. The number of rotatable bonds is 8. The first-order valence-electron chi connectivity index (χ1n) is 11.7. The molecule has 0 fully saturated rings. The molecule has 0 bridgehead atoms. The summed E-state index contributed by atoms with van der Waals surface area (Å²) in [6.45, 7) is 2.47. The van der Waals surface area contributed by atoms with Crippen molar-refractivity contribution in [1.82, 2.24) is 9.97 Å². The zero-order valence-corrected chi connectivity index (χ0v) is 20.5. The van der Waals surface area contributed by atoms with Crippen molar-refractivity contribution in [3.05, 3.63) is 102 Å². The molecule has 1 N–H and O–H groups in total. The molecular formula is C30H27N3O3. The van der Waals surface area contributed by atoms with Gasteiger partial charge in [0.05, 0.1) is 19.7 Å². The van der Waals surface area contributed by atoms with Gasteiger partial charge in [0, 0.05) is 23.6 Å². The van der Waals surface area contributed by atoms with Crippen LogP contribution in [0.5, 0.6) is 23.0 Å². The average molecular weight is 478 g/mol. The molecule has 5 aromatic rings. The summed E-state index contributed by atoms with van der Waals surface area (Å²) in [6.07, 6.45) is 0. The zero-order valence-electron chi connectivity index (χ0n) is 20.5. The first-order valence-corrected chi connectivity index (χ1v) is 11.7. The van der Waals surface area contributed by atoms with Gasteiger partial charge in [0.1, 0.15) is 23.1 Å². The molecule has 0 amide bonds. The topological polar surface area (TPSA) is 65.5 Å². The van der Waals surface area contributed by atoms with Crippen molar-refractivity contribution < 1.29 is 14.2 Å². The third-order valence-electron chi connectivity index (χ3n) is 5.87. The Kier molecular flexibility index (Phi) is 6.67. The molecule has 0 unspecified atom stereocenters. The van der Waals surface area contributed by atoms with E-state index in [9.17, 15) is 0 Å². The van der Waals surface area contributed by atoms with Gasteiger partial charge in [0.25, 0.3) is 0 Å². The minimum absolute atomic E-state index is 0.593. The van der Waals surface area contributed by atoms with Crippen molar-refractivity contribution in [1.29, 1.82) is 0 Å². The van der Waals surface area contributed by atoms with Gasteiger partial charge < -0.3 is 19.5 Å². The second-order valence-electron chi connectivity index (χ2n) is 8.31. The molecule has 1 heterocycles. The van der Waals surface area contributed by atoms with Crippen molar-refractivity contribution >= 4 is 16.7 Å². The van der Waals surface area contributed by atoms with Gasteiger partial charge in [0.2, 0.25) is 0 Å². The van der Waals surface area contributed by atoms with Crippen LogP contribution in [-0.4, -0.2) is 24.2 Å². The molecular weight excluding hydrogens is 450 g/mol. The molecule has 0 aliphatic heterocycles. The highest BCUT2D eigenvalue weighted by atomic mass is 16.5. The summed E-state index contributed by atoms with van der Waals surface area (Å²) in [4.78, 5) is 9.22. The molecule has 0 radical (unpaired) electrons. The highest BCUT2D eigenvalue weighted by Gasteiger charge is 2.13. The number of ether oxygens (including phenoxy) is 3. The number of nitrogens with one attached hydrogen (secondary N) is 1. The summed E-state index contributed by atoms with van der Waals surface area (Å²) in [5, 5.41) is 4.36. The maximum Gasteiger partial charge on any atom is 0.162 e. The number of nitrogens with zero attached hydrogens (tertiary/aromatic N) is 2. The fraction of sp³-hybridized carbons (Fsp3) is 0.133. The summed E-state index contributed by atoms with van der Waals surface area (Å²) in [5.41, 5.74) is 4.02. The number of fused-ring (bicyclic) bond motifs is 1. The lowest BCUT2D eigenvalue weighted by molar-refractivity contribution is 0.356. The molecule has 36 heavy (non-hydrogen) atoms. The van der Waals surface area contributed by atoms with E-state index in [2.05, 4.69) is 45.6 Å². The first-order chi connectivity index (χ1) is 17.6. The van der Waals surface area contributed by atoms with E-state index in [0.29, 0.717) is 23.9 Å². The van der Waals surface area contributed by atoms with Crippen LogP contribution in [0, 0.1) is 6.92 Å². The van der Waals surface area contributed by atoms with Crippen molar-refractivity contribution in [3.63, 3.8) is 0 Å². The predicted molar refractivity (Wildman–Crippen MR) is 143 cm³/mol.